The van der Waals surface area contributed by atoms with Crippen molar-refractivity contribution in [3.8, 4) is 0 Å². The Bertz CT molecular complexity index is 459. The molecule has 2 rings (SSSR count). The van der Waals surface area contributed by atoms with Crippen molar-refractivity contribution in [2.24, 2.45) is 5.73 Å². The van der Waals surface area contributed by atoms with E-state index in [1.165, 1.54) is 12.1 Å². The molecule has 5 heteroatoms. The van der Waals surface area contributed by atoms with Gasteiger partial charge in [0.25, 0.3) is 5.91 Å². The van der Waals surface area contributed by atoms with Gasteiger partial charge in [-0.05, 0) is 37.5 Å². The average molecular weight is 287 g/mol. The van der Waals surface area contributed by atoms with Gasteiger partial charge in [0.15, 0.2) is 0 Å². The maximum atomic E-state index is 13.7. The predicted octanol–water partition coefficient (Wildman–Crippen LogP) is 2.56. The zero-order valence-corrected chi connectivity index (χ0v) is 11.9. The van der Waals surface area contributed by atoms with Crippen LogP contribution in [0, 0.1) is 12.7 Å². The van der Waals surface area contributed by atoms with Crippen molar-refractivity contribution in [1.29, 1.82) is 0 Å². The van der Waals surface area contributed by atoms with Crippen molar-refractivity contribution in [2.45, 2.75) is 38.1 Å². The van der Waals surface area contributed by atoms with Crippen LogP contribution in [0.4, 0.5) is 4.39 Å². The summed E-state index contributed by atoms with van der Waals surface area (Å²) in [6, 6.07) is 4.64. The van der Waals surface area contributed by atoms with Crippen LogP contribution in [0.3, 0.4) is 0 Å². The second-order valence-corrected chi connectivity index (χ2v) is 5.13. The van der Waals surface area contributed by atoms with Gasteiger partial charge in [-0.3, -0.25) is 4.79 Å². The van der Waals surface area contributed by atoms with Gasteiger partial charge < -0.3 is 11.1 Å². The Labute approximate surface area is 119 Å². The SMILES string of the molecule is Cc1ccc(C(=O)NC2(CN)CCCC2)c(F)c1.Cl. The highest BCUT2D eigenvalue weighted by Crippen LogP contribution is 2.29. The minimum absolute atomic E-state index is 0. The van der Waals surface area contributed by atoms with E-state index in [4.69, 9.17) is 5.73 Å². The number of hydrogen-bond acceptors (Lipinski definition) is 2. The second kappa shape index (κ2) is 6.35. The molecule has 0 heterocycles. The number of benzene rings is 1. The van der Waals surface area contributed by atoms with Crippen LogP contribution < -0.4 is 11.1 Å². The average Bonchev–Trinajstić information content (AvgIpc) is 2.78. The van der Waals surface area contributed by atoms with Crippen molar-refractivity contribution < 1.29 is 9.18 Å². The Morgan fingerprint density at radius 2 is 2.05 bits per heavy atom. The summed E-state index contributed by atoms with van der Waals surface area (Å²) in [7, 11) is 0. The molecular formula is C14H20ClFN2O. The third kappa shape index (κ3) is 3.45. The molecule has 0 saturated heterocycles. The zero-order chi connectivity index (χ0) is 13.2. The van der Waals surface area contributed by atoms with Crippen LogP contribution in [-0.2, 0) is 0 Å². The van der Waals surface area contributed by atoms with Crippen LogP contribution >= 0.6 is 12.4 Å². The van der Waals surface area contributed by atoms with E-state index in [1.807, 2.05) is 0 Å². The molecular weight excluding hydrogens is 267 g/mol. The van der Waals surface area contributed by atoms with E-state index in [-0.39, 0.29) is 29.4 Å². The number of nitrogens with one attached hydrogen (secondary N) is 1. The molecule has 3 nitrogen and oxygen atoms in total. The monoisotopic (exact) mass is 286 g/mol. The summed E-state index contributed by atoms with van der Waals surface area (Å²) in [4.78, 5) is 12.1. The summed E-state index contributed by atoms with van der Waals surface area (Å²) in [6.45, 7) is 2.20. The maximum absolute atomic E-state index is 13.7. The van der Waals surface area contributed by atoms with E-state index in [1.54, 1.807) is 13.0 Å². The number of hydrogen-bond donors (Lipinski definition) is 2. The molecule has 0 radical (unpaired) electrons. The Morgan fingerprint density at radius 3 is 2.58 bits per heavy atom. The van der Waals surface area contributed by atoms with Gasteiger partial charge in [0.1, 0.15) is 5.82 Å². The van der Waals surface area contributed by atoms with E-state index in [0.29, 0.717) is 6.54 Å². The van der Waals surface area contributed by atoms with Crippen LogP contribution in [0.5, 0.6) is 0 Å². The van der Waals surface area contributed by atoms with Crippen molar-refractivity contribution >= 4 is 18.3 Å². The van der Waals surface area contributed by atoms with Crippen LogP contribution in [0.15, 0.2) is 18.2 Å². The van der Waals surface area contributed by atoms with Crippen LogP contribution in [0.2, 0.25) is 0 Å². The zero-order valence-electron chi connectivity index (χ0n) is 11.0. The van der Waals surface area contributed by atoms with Crippen LogP contribution in [-0.4, -0.2) is 18.0 Å². The Morgan fingerprint density at radius 1 is 1.42 bits per heavy atom. The number of halogens is 2. The first-order valence-electron chi connectivity index (χ1n) is 6.35. The number of carbonyl (C=O) groups is 1. The highest BCUT2D eigenvalue weighted by atomic mass is 35.5. The molecule has 1 aliphatic carbocycles. The van der Waals surface area contributed by atoms with Crippen LogP contribution in [0.25, 0.3) is 0 Å². The van der Waals surface area contributed by atoms with Gasteiger partial charge in [-0.2, -0.15) is 0 Å². The molecule has 106 valence electrons. The van der Waals surface area contributed by atoms with E-state index >= 15 is 0 Å². The van der Waals surface area contributed by atoms with E-state index in [9.17, 15) is 9.18 Å². The van der Waals surface area contributed by atoms with Crippen molar-refractivity contribution in [3.63, 3.8) is 0 Å². The molecule has 0 bridgehead atoms. The largest absolute Gasteiger partial charge is 0.345 e. The van der Waals surface area contributed by atoms with Gasteiger partial charge in [-0.15, -0.1) is 12.4 Å². The highest BCUT2D eigenvalue weighted by molar-refractivity contribution is 5.95. The Hall–Kier alpha value is -1.13. The van der Waals surface area contributed by atoms with Gasteiger partial charge in [-0.1, -0.05) is 18.9 Å². The number of rotatable bonds is 3. The normalized spacial score (nSPS) is 16.8. The molecule has 0 spiro atoms. The Balaban J connectivity index is 0.00000180. The smallest absolute Gasteiger partial charge is 0.254 e. The molecule has 0 aliphatic heterocycles. The summed E-state index contributed by atoms with van der Waals surface area (Å²) in [6.07, 6.45) is 3.88. The van der Waals surface area contributed by atoms with E-state index in [2.05, 4.69) is 5.32 Å². The molecule has 0 aromatic heterocycles. The molecule has 1 aliphatic rings. The lowest BCUT2D eigenvalue weighted by atomic mass is 9.97. The Kier molecular flexibility index (Phi) is 5.32. The number of amides is 1. The lowest BCUT2D eigenvalue weighted by Crippen LogP contribution is -2.51. The molecule has 1 aromatic rings. The van der Waals surface area contributed by atoms with E-state index < -0.39 is 5.82 Å². The number of aryl methyl sites for hydroxylation is 1. The standard InChI is InChI=1S/C14H19FN2O.ClH/c1-10-4-5-11(12(15)8-10)13(18)17-14(9-16)6-2-3-7-14;/h4-5,8H,2-3,6-7,9,16H2,1H3,(H,17,18);1H. The molecule has 1 amide bonds. The first kappa shape index (κ1) is 15.9. The number of carbonyl (C=O) groups excluding carboxylic acids is 1. The molecule has 3 N–H and O–H groups in total. The van der Waals surface area contributed by atoms with Crippen molar-refractivity contribution in [2.75, 3.05) is 6.54 Å². The molecule has 1 fully saturated rings. The molecule has 19 heavy (non-hydrogen) atoms. The maximum Gasteiger partial charge on any atom is 0.254 e. The van der Waals surface area contributed by atoms with E-state index in [0.717, 1.165) is 31.2 Å². The molecule has 0 atom stereocenters. The van der Waals surface area contributed by atoms with Gasteiger partial charge >= 0.3 is 0 Å². The molecule has 0 unspecified atom stereocenters. The topological polar surface area (TPSA) is 55.1 Å². The van der Waals surface area contributed by atoms with Gasteiger partial charge in [0, 0.05) is 6.54 Å². The van der Waals surface area contributed by atoms with Crippen LogP contribution in [0.1, 0.15) is 41.6 Å². The molecule has 1 aromatic carbocycles. The number of nitrogens with two attached hydrogens (primary N) is 1. The quantitative estimate of drug-likeness (QED) is 0.897. The third-order valence-corrected chi connectivity index (χ3v) is 3.70. The minimum Gasteiger partial charge on any atom is -0.345 e. The first-order chi connectivity index (χ1) is 8.56. The highest BCUT2D eigenvalue weighted by Gasteiger charge is 2.34. The fourth-order valence-electron chi connectivity index (χ4n) is 2.54. The fourth-order valence-corrected chi connectivity index (χ4v) is 2.54. The van der Waals surface area contributed by atoms with Crippen molar-refractivity contribution in [1.82, 2.24) is 5.32 Å². The fraction of sp³-hybridized carbons (Fsp3) is 0.500. The van der Waals surface area contributed by atoms with Gasteiger partial charge in [0.2, 0.25) is 0 Å². The lowest BCUT2D eigenvalue weighted by molar-refractivity contribution is 0.0899. The summed E-state index contributed by atoms with van der Waals surface area (Å²) in [5.74, 6) is -0.836. The predicted molar refractivity (Wildman–Crippen MR) is 76.1 cm³/mol. The second-order valence-electron chi connectivity index (χ2n) is 5.13. The van der Waals surface area contributed by atoms with Crippen molar-refractivity contribution in [3.05, 3.63) is 35.1 Å². The van der Waals surface area contributed by atoms with Gasteiger partial charge in [-0.25, -0.2) is 4.39 Å². The summed E-state index contributed by atoms with van der Waals surface area (Å²) < 4.78 is 13.7. The summed E-state index contributed by atoms with van der Waals surface area (Å²) in [5, 5.41) is 2.91. The third-order valence-electron chi connectivity index (χ3n) is 3.70. The first-order valence-corrected chi connectivity index (χ1v) is 6.35. The summed E-state index contributed by atoms with van der Waals surface area (Å²) >= 11 is 0. The molecule has 1 saturated carbocycles. The van der Waals surface area contributed by atoms with Gasteiger partial charge in [0.05, 0.1) is 11.1 Å². The minimum atomic E-state index is -0.474. The lowest BCUT2D eigenvalue weighted by Gasteiger charge is -2.28. The summed E-state index contributed by atoms with van der Waals surface area (Å²) in [5.41, 5.74) is 6.31.